The lowest BCUT2D eigenvalue weighted by Crippen LogP contribution is -2.40. The summed E-state index contributed by atoms with van der Waals surface area (Å²) >= 11 is 0. The van der Waals surface area contributed by atoms with Gasteiger partial charge < -0.3 is 10.6 Å². The number of sulfonamides is 1. The van der Waals surface area contributed by atoms with Crippen LogP contribution in [0, 0.1) is 6.92 Å². The van der Waals surface area contributed by atoms with Crippen molar-refractivity contribution in [3.63, 3.8) is 0 Å². The molecule has 4 rings (SSSR count). The summed E-state index contributed by atoms with van der Waals surface area (Å²) in [5.74, 6) is 0.957. The second-order valence-corrected chi connectivity index (χ2v) is 10.5. The number of rotatable bonds is 7. The monoisotopic (exact) mass is 477 g/mol. The molecule has 0 bridgehead atoms. The lowest BCUT2D eigenvalue weighted by Gasteiger charge is -2.20. The highest BCUT2D eigenvalue weighted by Gasteiger charge is 2.22. The Bertz CT molecular complexity index is 1400. The van der Waals surface area contributed by atoms with E-state index >= 15 is 0 Å². The van der Waals surface area contributed by atoms with E-state index in [2.05, 4.69) is 30.4 Å². The molecule has 0 unspecified atom stereocenters. The number of anilines is 4. The average molecular weight is 478 g/mol. The summed E-state index contributed by atoms with van der Waals surface area (Å²) in [5.41, 5.74) is 2.48. The Morgan fingerprint density at radius 3 is 2.50 bits per heavy atom. The van der Waals surface area contributed by atoms with E-state index in [4.69, 9.17) is 0 Å². The van der Waals surface area contributed by atoms with Crippen LogP contribution in [0.1, 0.15) is 26.3 Å². The van der Waals surface area contributed by atoms with E-state index in [1.165, 1.54) is 0 Å². The molecule has 0 spiro atoms. The molecule has 4 aromatic rings. The molecular weight excluding hydrogens is 450 g/mol. The van der Waals surface area contributed by atoms with Crippen LogP contribution in [-0.4, -0.2) is 33.7 Å². The lowest BCUT2D eigenvalue weighted by molar-refractivity contribution is 0.491. The van der Waals surface area contributed by atoms with Crippen LogP contribution in [-0.2, 0) is 10.0 Å². The molecular formula is C24H27N7O2S. The maximum Gasteiger partial charge on any atom is 0.241 e. The Kier molecular flexibility index (Phi) is 6.36. The van der Waals surface area contributed by atoms with Gasteiger partial charge in [0.2, 0.25) is 16.0 Å². The average Bonchev–Trinajstić information content (AvgIpc) is 3.30. The topological polar surface area (TPSA) is 114 Å². The Morgan fingerprint density at radius 2 is 1.76 bits per heavy atom. The van der Waals surface area contributed by atoms with Crippen LogP contribution < -0.4 is 15.4 Å². The minimum atomic E-state index is -3.66. The number of hydrogen-bond acceptors (Lipinski definition) is 7. The van der Waals surface area contributed by atoms with E-state index in [0.29, 0.717) is 17.5 Å². The third-order valence-corrected chi connectivity index (χ3v) is 6.48. The number of para-hydroxylation sites is 2. The molecule has 0 aliphatic carbocycles. The van der Waals surface area contributed by atoms with Crippen LogP contribution in [0.2, 0.25) is 0 Å². The molecule has 2 heterocycles. The van der Waals surface area contributed by atoms with E-state index in [-0.39, 0.29) is 4.90 Å². The molecule has 0 atom stereocenters. The Morgan fingerprint density at radius 1 is 0.971 bits per heavy atom. The second kappa shape index (κ2) is 9.24. The van der Waals surface area contributed by atoms with Crippen LogP contribution in [0.3, 0.4) is 0 Å². The van der Waals surface area contributed by atoms with Gasteiger partial charge in [-0.3, -0.25) is 0 Å². The van der Waals surface area contributed by atoms with Gasteiger partial charge in [0, 0.05) is 35.4 Å². The number of benzene rings is 2. The van der Waals surface area contributed by atoms with E-state index < -0.39 is 15.6 Å². The largest absolute Gasteiger partial charge is 0.340 e. The predicted octanol–water partition coefficient (Wildman–Crippen LogP) is 4.53. The normalized spacial score (nSPS) is 11.9. The van der Waals surface area contributed by atoms with Gasteiger partial charge in [-0.2, -0.15) is 10.1 Å². The molecule has 176 valence electrons. The first-order chi connectivity index (χ1) is 16.1. The quantitative estimate of drug-likeness (QED) is 0.358. The summed E-state index contributed by atoms with van der Waals surface area (Å²) in [6.45, 7) is 7.29. The van der Waals surface area contributed by atoms with Crippen molar-refractivity contribution in [1.82, 2.24) is 24.5 Å². The molecule has 34 heavy (non-hydrogen) atoms. The lowest BCUT2D eigenvalue weighted by atomic mass is 10.1. The molecule has 0 aliphatic rings. The summed E-state index contributed by atoms with van der Waals surface area (Å²) in [6.07, 6.45) is 5.28. The van der Waals surface area contributed by atoms with Crippen molar-refractivity contribution in [1.29, 1.82) is 0 Å². The van der Waals surface area contributed by atoms with Gasteiger partial charge in [0.15, 0.2) is 0 Å². The minimum absolute atomic E-state index is 0.172. The summed E-state index contributed by atoms with van der Waals surface area (Å²) in [5, 5.41) is 10.8. The zero-order valence-corrected chi connectivity index (χ0v) is 20.3. The molecule has 2 aromatic carbocycles. The first-order valence-electron chi connectivity index (χ1n) is 10.7. The second-order valence-electron chi connectivity index (χ2n) is 8.83. The van der Waals surface area contributed by atoms with E-state index in [0.717, 1.165) is 16.9 Å². The highest BCUT2D eigenvalue weighted by atomic mass is 32.2. The van der Waals surface area contributed by atoms with Gasteiger partial charge in [0.05, 0.1) is 16.3 Å². The summed E-state index contributed by atoms with van der Waals surface area (Å²) in [4.78, 5) is 9.18. The van der Waals surface area contributed by atoms with Gasteiger partial charge >= 0.3 is 0 Å². The number of aryl methyl sites for hydroxylation is 1. The van der Waals surface area contributed by atoms with Gasteiger partial charge in [-0.1, -0.05) is 18.2 Å². The van der Waals surface area contributed by atoms with E-state index in [9.17, 15) is 8.42 Å². The summed E-state index contributed by atoms with van der Waals surface area (Å²) < 4.78 is 29.9. The number of nitrogens with zero attached hydrogens (tertiary/aromatic N) is 4. The molecule has 0 amide bonds. The number of hydrogen-bond donors (Lipinski definition) is 3. The zero-order chi connectivity index (χ0) is 24.3. The van der Waals surface area contributed by atoms with Crippen LogP contribution in [0.4, 0.5) is 23.1 Å². The van der Waals surface area contributed by atoms with Crippen molar-refractivity contribution in [3.05, 3.63) is 78.8 Å². The molecule has 0 fully saturated rings. The molecule has 0 radical (unpaired) electrons. The highest BCUT2D eigenvalue weighted by Crippen LogP contribution is 2.25. The first kappa shape index (κ1) is 23.4. The first-order valence-corrected chi connectivity index (χ1v) is 12.2. The van der Waals surface area contributed by atoms with Crippen LogP contribution in [0.5, 0.6) is 0 Å². The molecule has 0 aliphatic heterocycles. The smallest absolute Gasteiger partial charge is 0.241 e. The van der Waals surface area contributed by atoms with Crippen LogP contribution in [0.25, 0.3) is 5.69 Å². The molecule has 3 N–H and O–H groups in total. The summed E-state index contributed by atoms with van der Waals surface area (Å²) in [7, 11) is -3.66. The number of nitrogens with one attached hydrogen (secondary N) is 3. The summed E-state index contributed by atoms with van der Waals surface area (Å²) in [6, 6.07) is 16.2. The van der Waals surface area contributed by atoms with Crippen molar-refractivity contribution < 1.29 is 8.42 Å². The SMILES string of the molecule is Cc1cnc(Nc2ccccc2-n2cccn2)nc1Nc1cccc(S(=O)(=O)NC(C)(C)C)c1. The van der Waals surface area contributed by atoms with Crippen molar-refractivity contribution in [2.75, 3.05) is 10.6 Å². The Hall–Kier alpha value is -3.76. The maximum atomic E-state index is 12.7. The molecule has 10 heteroatoms. The highest BCUT2D eigenvalue weighted by molar-refractivity contribution is 7.89. The minimum Gasteiger partial charge on any atom is -0.340 e. The van der Waals surface area contributed by atoms with Gasteiger partial charge in [-0.05, 0) is 64.1 Å². The zero-order valence-electron chi connectivity index (χ0n) is 19.4. The van der Waals surface area contributed by atoms with E-state index in [1.807, 2.05) is 43.5 Å². The number of aromatic nitrogens is 4. The molecule has 9 nitrogen and oxygen atoms in total. The third kappa shape index (κ3) is 5.59. The van der Waals surface area contributed by atoms with Crippen LogP contribution in [0.15, 0.2) is 78.1 Å². The molecule has 0 saturated heterocycles. The fourth-order valence-electron chi connectivity index (χ4n) is 3.28. The molecule has 2 aromatic heterocycles. The fraction of sp³-hybridized carbons (Fsp3) is 0.208. The molecule has 0 saturated carbocycles. The Balaban J connectivity index is 1.59. The van der Waals surface area contributed by atoms with Gasteiger partial charge in [0.25, 0.3) is 0 Å². The predicted molar refractivity (Wildman–Crippen MR) is 133 cm³/mol. The van der Waals surface area contributed by atoms with E-state index in [1.54, 1.807) is 62.1 Å². The van der Waals surface area contributed by atoms with Crippen molar-refractivity contribution >= 4 is 33.2 Å². The van der Waals surface area contributed by atoms with Gasteiger partial charge in [-0.25, -0.2) is 22.8 Å². The maximum absolute atomic E-state index is 12.7. The standard InChI is InChI=1S/C24H27N7O2S/c1-17-16-25-23(28-20-11-5-6-12-21(20)31-14-8-13-26-31)29-22(17)27-18-9-7-10-19(15-18)34(32,33)30-24(2,3)4/h5-16,30H,1-4H3,(H2,25,27,28,29). The third-order valence-electron chi connectivity index (χ3n) is 4.72. The van der Waals surface area contributed by atoms with Crippen molar-refractivity contribution in [3.8, 4) is 5.69 Å². The van der Waals surface area contributed by atoms with Crippen molar-refractivity contribution in [2.24, 2.45) is 0 Å². The fourth-order valence-corrected chi connectivity index (χ4v) is 4.74. The van der Waals surface area contributed by atoms with Gasteiger partial charge in [0.1, 0.15) is 5.82 Å². The van der Waals surface area contributed by atoms with Crippen molar-refractivity contribution in [2.45, 2.75) is 38.1 Å². The van der Waals surface area contributed by atoms with Crippen LogP contribution >= 0.6 is 0 Å². The van der Waals surface area contributed by atoms with Gasteiger partial charge in [-0.15, -0.1) is 0 Å². The Labute approximate surface area is 199 Å².